The summed E-state index contributed by atoms with van der Waals surface area (Å²) in [5, 5.41) is 0.629. The predicted molar refractivity (Wildman–Crippen MR) is 121 cm³/mol. The highest BCUT2D eigenvalue weighted by molar-refractivity contribution is 6.30. The second-order valence-electron chi connectivity index (χ2n) is 7.58. The van der Waals surface area contributed by atoms with Gasteiger partial charge in [-0.15, -0.1) is 0 Å². The highest BCUT2D eigenvalue weighted by Crippen LogP contribution is 2.12. The Balaban J connectivity index is 1.83. The molecule has 0 aliphatic carbocycles. The first-order chi connectivity index (χ1) is 13.7. The van der Waals surface area contributed by atoms with E-state index in [2.05, 4.69) is 19.1 Å². The van der Waals surface area contributed by atoms with Crippen LogP contribution >= 0.6 is 11.6 Å². The standard InChI is InChI=1S/C25H39ClO2/c1-2-3-4-5-6-7-8-9-10-11-12-13-14-15-16-17-22-28-25(27)23-18-20-24(26)21-19-23/h9-10,18-21H,2-8,11-17,22H2,1H3/b10-9-. The van der Waals surface area contributed by atoms with E-state index >= 15 is 0 Å². The molecular weight excluding hydrogens is 368 g/mol. The van der Waals surface area contributed by atoms with Gasteiger partial charge < -0.3 is 4.74 Å². The molecule has 0 amide bonds. The van der Waals surface area contributed by atoms with Crippen molar-refractivity contribution in [3.63, 3.8) is 0 Å². The Bertz CT molecular complexity index is 522. The van der Waals surface area contributed by atoms with Crippen LogP contribution in [0.4, 0.5) is 0 Å². The van der Waals surface area contributed by atoms with Crippen molar-refractivity contribution in [1.82, 2.24) is 0 Å². The van der Waals surface area contributed by atoms with Gasteiger partial charge in [-0.2, -0.15) is 0 Å². The fraction of sp³-hybridized carbons (Fsp3) is 0.640. The summed E-state index contributed by atoms with van der Waals surface area (Å²) in [6, 6.07) is 6.82. The zero-order chi connectivity index (χ0) is 20.3. The Morgan fingerprint density at radius 1 is 0.786 bits per heavy atom. The van der Waals surface area contributed by atoms with Crippen LogP contribution in [0.5, 0.6) is 0 Å². The lowest BCUT2D eigenvalue weighted by Crippen LogP contribution is -2.06. The molecule has 28 heavy (non-hydrogen) atoms. The molecule has 0 N–H and O–H groups in total. The Kier molecular flexibility index (Phi) is 15.7. The summed E-state index contributed by atoms with van der Waals surface area (Å²) in [6.45, 7) is 2.77. The van der Waals surface area contributed by atoms with Gasteiger partial charge >= 0.3 is 5.97 Å². The predicted octanol–water partition coefficient (Wildman–Crippen LogP) is 8.53. The van der Waals surface area contributed by atoms with Crippen molar-refractivity contribution in [2.24, 2.45) is 0 Å². The van der Waals surface area contributed by atoms with E-state index in [1.54, 1.807) is 24.3 Å². The van der Waals surface area contributed by atoms with E-state index in [0.29, 0.717) is 17.2 Å². The molecule has 1 aromatic rings. The number of benzene rings is 1. The maximum absolute atomic E-state index is 11.8. The number of hydrogen-bond acceptors (Lipinski definition) is 2. The third-order valence-electron chi connectivity index (χ3n) is 4.97. The van der Waals surface area contributed by atoms with Crippen LogP contribution in [0.2, 0.25) is 5.02 Å². The Labute approximate surface area is 177 Å². The van der Waals surface area contributed by atoms with Gasteiger partial charge in [-0.05, 0) is 56.4 Å². The van der Waals surface area contributed by atoms with Crippen LogP contribution in [0.15, 0.2) is 36.4 Å². The molecule has 0 heterocycles. The van der Waals surface area contributed by atoms with E-state index in [1.165, 1.54) is 77.0 Å². The zero-order valence-corrected chi connectivity index (χ0v) is 18.5. The van der Waals surface area contributed by atoms with Crippen molar-refractivity contribution < 1.29 is 9.53 Å². The summed E-state index contributed by atoms with van der Waals surface area (Å²) >= 11 is 5.82. The van der Waals surface area contributed by atoms with Crippen molar-refractivity contribution >= 4 is 17.6 Å². The summed E-state index contributed by atoms with van der Waals surface area (Å²) < 4.78 is 5.30. The van der Waals surface area contributed by atoms with E-state index in [0.717, 1.165) is 12.8 Å². The molecule has 0 radical (unpaired) electrons. The molecule has 0 spiro atoms. The molecule has 2 nitrogen and oxygen atoms in total. The number of esters is 1. The van der Waals surface area contributed by atoms with E-state index < -0.39 is 0 Å². The van der Waals surface area contributed by atoms with Gasteiger partial charge in [-0.3, -0.25) is 0 Å². The van der Waals surface area contributed by atoms with Crippen LogP contribution in [0.25, 0.3) is 0 Å². The lowest BCUT2D eigenvalue weighted by molar-refractivity contribution is 0.0497. The van der Waals surface area contributed by atoms with Crippen molar-refractivity contribution in [3.05, 3.63) is 47.0 Å². The second-order valence-corrected chi connectivity index (χ2v) is 8.02. The number of halogens is 1. The summed E-state index contributed by atoms with van der Waals surface area (Å²) in [5.41, 5.74) is 0.564. The smallest absolute Gasteiger partial charge is 0.338 e. The first-order valence-electron chi connectivity index (χ1n) is 11.3. The number of ether oxygens (including phenoxy) is 1. The number of carbonyl (C=O) groups is 1. The normalized spacial score (nSPS) is 11.2. The third kappa shape index (κ3) is 13.8. The maximum atomic E-state index is 11.8. The minimum Gasteiger partial charge on any atom is -0.462 e. The molecule has 3 heteroatoms. The molecule has 158 valence electrons. The maximum Gasteiger partial charge on any atom is 0.338 e. The van der Waals surface area contributed by atoms with Gasteiger partial charge in [0.25, 0.3) is 0 Å². The SMILES string of the molecule is CCCCCCCC/C=C\CCCCCCCCOC(=O)c1ccc(Cl)cc1. The fourth-order valence-electron chi connectivity index (χ4n) is 3.18. The quantitative estimate of drug-likeness (QED) is 0.147. The van der Waals surface area contributed by atoms with Gasteiger partial charge in [-0.1, -0.05) is 88.5 Å². The summed E-state index contributed by atoms with van der Waals surface area (Å²) in [7, 11) is 0. The first kappa shape index (κ1) is 24.8. The Morgan fingerprint density at radius 2 is 1.29 bits per heavy atom. The Morgan fingerprint density at radius 3 is 1.86 bits per heavy atom. The Hall–Kier alpha value is -1.28. The van der Waals surface area contributed by atoms with Crippen LogP contribution in [0.1, 0.15) is 107 Å². The molecule has 0 aliphatic heterocycles. The summed E-state index contributed by atoms with van der Waals surface area (Å²) in [6.07, 6.45) is 22.6. The van der Waals surface area contributed by atoms with Gasteiger partial charge in [0.1, 0.15) is 0 Å². The minimum absolute atomic E-state index is 0.260. The highest BCUT2D eigenvalue weighted by Gasteiger charge is 2.05. The number of rotatable bonds is 17. The van der Waals surface area contributed by atoms with Crippen LogP contribution in [-0.4, -0.2) is 12.6 Å². The lowest BCUT2D eigenvalue weighted by atomic mass is 10.1. The molecule has 0 fully saturated rings. The van der Waals surface area contributed by atoms with E-state index in [9.17, 15) is 4.79 Å². The molecule has 0 saturated heterocycles. The zero-order valence-electron chi connectivity index (χ0n) is 17.8. The van der Waals surface area contributed by atoms with Gasteiger partial charge in [0, 0.05) is 5.02 Å². The van der Waals surface area contributed by atoms with Crippen molar-refractivity contribution in [2.75, 3.05) is 6.61 Å². The molecule has 0 bridgehead atoms. The highest BCUT2D eigenvalue weighted by atomic mass is 35.5. The van der Waals surface area contributed by atoms with Gasteiger partial charge in [-0.25, -0.2) is 4.79 Å². The van der Waals surface area contributed by atoms with Crippen molar-refractivity contribution in [2.45, 2.75) is 96.8 Å². The lowest BCUT2D eigenvalue weighted by Gasteiger charge is -2.05. The topological polar surface area (TPSA) is 26.3 Å². The fourth-order valence-corrected chi connectivity index (χ4v) is 3.31. The average Bonchev–Trinajstić information content (AvgIpc) is 2.70. The summed E-state index contributed by atoms with van der Waals surface area (Å²) in [5.74, 6) is -0.260. The van der Waals surface area contributed by atoms with Gasteiger partial charge in [0.2, 0.25) is 0 Å². The molecule has 0 aromatic heterocycles. The minimum atomic E-state index is -0.260. The molecule has 1 aromatic carbocycles. The van der Waals surface area contributed by atoms with E-state index in [1.807, 2.05) is 0 Å². The van der Waals surface area contributed by atoms with Gasteiger partial charge in [0.05, 0.1) is 12.2 Å². The number of carbonyl (C=O) groups excluding carboxylic acids is 1. The molecule has 0 unspecified atom stereocenters. The van der Waals surface area contributed by atoms with E-state index in [-0.39, 0.29) is 5.97 Å². The molecular formula is C25H39ClO2. The van der Waals surface area contributed by atoms with Crippen LogP contribution in [0, 0.1) is 0 Å². The van der Waals surface area contributed by atoms with Crippen LogP contribution in [0.3, 0.4) is 0 Å². The third-order valence-corrected chi connectivity index (χ3v) is 5.22. The van der Waals surface area contributed by atoms with Crippen molar-refractivity contribution in [1.29, 1.82) is 0 Å². The average molecular weight is 407 g/mol. The molecule has 0 saturated carbocycles. The van der Waals surface area contributed by atoms with E-state index in [4.69, 9.17) is 16.3 Å². The number of hydrogen-bond donors (Lipinski definition) is 0. The molecule has 1 rings (SSSR count). The van der Waals surface area contributed by atoms with Crippen molar-refractivity contribution in [3.8, 4) is 0 Å². The van der Waals surface area contributed by atoms with Crippen LogP contribution in [-0.2, 0) is 4.74 Å². The van der Waals surface area contributed by atoms with Gasteiger partial charge in [0.15, 0.2) is 0 Å². The number of unbranched alkanes of at least 4 members (excludes halogenated alkanes) is 12. The molecule has 0 atom stereocenters. The monoisotopic (exact) mass is 406 g/mol. The second kappa shape index (κ2) is 17.8. The van der Waals surface area contributed by atoms with Crippen LogP contribution < -0.4 is 0 Å². The molecule has 0 aliphatic rings. The largest absolute Gasteiger partial charge is 0.462 e. The first-order valence-corrected chi connectivity index (χ1v) is 11.7. The summed E-state index contributed by atoms with van der Waals surface area (Å²) in [4.78, 5) is 11.8. The number of allylic oxidation sites excluding steroid dienone is 2.